The van der Waals surface area contributed by atoms with Crippen molar-refractivity contribution in [1.29, 1.82) is 0 Å². The molecule has 0 radical (unpaired) electrons. The number of aliphatic hydroxyl groups is 1. The van der Waals surface area contributed by atoms with E-state index < -0.39 is 4.84 Å². The molecule has 1 atom stereocenters. The van der Waals surface area contributed by atoms with Crippen LogP contribution in [0.3, 0.4) is 0 Å². The molecule has 0 aromatic heterocycles. The van der Waals surface area contributed by atoms with Crippen molar-refractivity contribution >= 4 is 34.8 Å². The zero-order valence-corrected chi connectivity index (χ0v) is 12.1. The number of aliphatic hydroxyl groups excluding tert-OH is 1. The van der Waals surface area contributed by atoms with Gasteiger partial charge in [-0.2, -0.15) is 0 Å². The number of alkyl halides is 3. The van der Waals surface area contributed by atoms with Gasteiger partial charge in [-0.3, -0.25) is 0 Å². The van der Waals surface area contributed by atoms with Crippen molar-refractivity contribution in [2.24, 2.45) is 0 Å². The Bertz CT molecular complexity index is 142. The number of unbranched alkanes of at least 4 members (excludes halogenated alkanes) is 7. The zero-order chi connectivity index (χ0) is 12.2. The van der Waals surface area contributed by atoms with Gasteiger partial charge in [0.25, 0.3) is 0 Å². The molecule has 0 saturated heterocycles. The summed E-state index contributed by atoms with van der Waals surface area (Å²) in [5.74, 6) is 0. The standard InChI is InChI=1S/C12H23Cl3O/c13-11(12(14)15)9-7-5-3-1-2-4-6-8-10-16/h11-12,16H,1-10H2. The first-order valence-corrected chi connectivity index (χ1v) is 7.52. The topological polar surface area (TPSA) is 20.2 Å². The lowest BCUT2D eigenvalue weighted by molar-refractivity contribution is 0.282. The fourth-order valence-electron chi connectivity index (χ4n) is 1.64. The van der Waals surface area contributed by atoms with Crippen molar-refractivity contribution in [2.45, 2.75) is 68.0 Å². The molecule has 1 unspecified atom stereocenters. The third-order valence-corrected chi connectivity index (χ3v) is 4.00. The molecule has 0 aromatic carbocycles. The number of rotatable bonds is 11. The molecule has 16 heavy (non-hydrogen) atoms. The summed E-state index contributed by atoms with van der Waals surface area (Å²) in [4.78, 5) is -0.444. The highest BCUT2D eigenvalue weighted by atomic mass is 35.5. The summed E-state index contributed by atoms with van der Waals surface area (Å²) < 4.78 is 0. The minimum absolute atomic E-state index is 0.104. The molecule has 0 saturated carbocycles. The van der Waals surface area contributed by atoms with Crippen LogP contribution in [0.25, 0.3) is 0 Å². The summed E-state index contributed by atoms with van der Waals surface area (Å²) in [6.45, 7) is 0.329. The second kappa shape index (κ2) is 12.3. The molecule has 0 aliphatic rings. The van der Waals surface area contributed by atoms with Gasteiger partial charge < -0.3 is 5.11 Å². The average molecular weight is 290 g/mol. The number of hydrogen-bond donors (Lipinski definition) is 1. The maximum absolute atomic E-state index is 8.60. The second-order valence-corrected chi connectivity index (χ2v) is 5.92. The smallest absolute Gasteiger partial charge is 0.124 e. The molecule has 0 aromatic rings. The summed E-state index contributed by atoms with van der Waals surface area (Å²) >= 11 is 17.2. The zero-order valence-electron chi connectivity index (χ0n) is 9.81. The van der Waals surface area contributed by atoms with Crippen LogP contribution in [0.15, 0.2) is 0 Å². The molecule has 98 valence electrons. The highest BCUT2D eigenvalue weighted by molar-refractivity contribution is 6.48. The Morgan fingerprint density at radius 3 is 1.56 bits per heavy atom. The average Bonchev–Trinajstić information content (AvgIpc) is 2.26. The van der Waals surface area contributed by atoms with Crippen molar-refractivity contribution in [3.05, 3.63) is 0 Å². The van der Waals surface area contributed by atoms with E-state index in [4.69, 9.17) is 39.9 Å². The Morgan fingerprint density at radius 2 is 1.12 bits per heavy atom. The van der Waals surface area contributed by atoms with Crippen molar-refractivity contribution < 1.29 is 5.11 Å². The van der Waals surface area contributed by atoms with Gasteiger partial charge in [-0.25, -0.2) is 0 Å². The molecule has 0 fully saturated rings. The van der Waals surface area contributed by atoms with Gasteiger partial charge in [0.15, 0.2) is 0 Å². The maximum Gasteiger partial charge on any atom is 0.124 e. The third kappa shape index (κ3) is 11.3. The largest absolute Gasteiger partial charge is 0.396 e. The summed E-state index contributed by atoms with van der Waals surface area (Å²) in [5, 5.41) is 8.50. The van der Waals surface area contributed by atoms with E-state index in [9.17, 15) is 0 Å². The van der Waals surface area contributed by atoms with Gasteiger partial charge in [0.05, 0.1) is 5.38 Å². The summed E-state index contributed by atoms with van der Waals surface area (Å²) in [6.07, 6.45) is 10.4. The van der Waals surface area contributed by atoms with Crippen LogP contribution in [0.2, 0.25) is 0 Å². The molecule has 0 aliphatic carbocycles. The molecule has 0 bridgehead atoms. The van der Waals surface area contributed by atoms with Crippen LogP contribution in [0.1, 0.15) is 57.8 Å². The van der Waals surface area contributed by atoms with E-state index in [0.717, 1.165) is 25.7 Å². The van der Waals surface area contributed by atoms with Crippen LogP contribution < -0.4 is 0 Å². The lowest BCUT2D eigenvalue weighted by Crippen LogP contribution is -2.07. The molecule has 0 heterocycles. The molecule has 0 aliphatic heterocycles. The Labute approximate surface area is 114 Å². The van der Waals surface area contributed by atoms with Gasteiger partial charge in [0.1, 0.15) is 4.84 Å². The van der Waals surface area contributed by atoms with E-state index in [1.54, 1.807) is 0 Å². The Morgan fingerprint density at radius 1 is 0.688 bits per heavy atom. The van der Waals surface area contributed by atoms with E-state index in [-0.39, 0.29) is 5.38 Å². The van der Waals surface area contributed by atoms with Crippen LogP contribution >= 0.6 is 34.8 Å². The molecule has 0 rings (SSSR count). The van der Waals surface area contributed by atoms with Gasteiger partial charge in [-0.15, -0.1) is 34.8 Å². The quantitative estimate of drug-likeness (QED) is 0.424. The normalized spacial score (nSPS) is 13.3. The maximum atomic E-state index is 8.60. The molecular formula is C12H23Cl3O. The first-order chi connectivity index (χ1) is 7.68. The predicted molar refractivity (Wildman–Crippen MR) is 73.8 cm³/mol. The van der Waals surface area contributed by atoms with Gasteiger partial charge in [0, 0.05) is 6.61 Å². The number of hydrogen-bond acceptors (Lipinski definition) is 1. The molecule has 1 N–H and O–H groups in total. The minimum atomic E-state index is -0.444. The minimum Gasteiger partial charge on any atom is -0.396 e. The highest BCUT2D eigenvalue weighted by Gasteiger charge is 2.12. The van der Waals surface area contributed by atoms with Gasteiger partial charge >= 0.3 is 0 Å². The lowest BCUT2D eigenvalue weighted by Gasteiger charge is -2.09. The SMILES string of the molecule is OCCCCCCCCCCC(Cl)C(Cl)Cl. The first kappa shape index (κ1) is 16.8. The summed E-state index contributed by atoms with van der Waals surface area (Å²) in [7, 11) is 0. The first-order valence-electron chi connectivity index (χ1n) is 6.21. The van der Waals surface area contributed by atoms with Gasteiger partial charge in [0.2, 0.25) is 0 Å². The molecule has 1 nitrogen and oxygen atoms in total. The fourth-order valence-corrected chi connectivity index (χ4v) is 2.04. The van der Waals surface area contributed by atoms with Crippen molar-refractivity contribution in [1.82, 2.24) is 0 Å². The van der Waals surface area contributed by atoms with E-state index in [2.05, 4.69) is 0 Å². The van der Waals surface area contributed by atoms with Crippen LogP contribution in [-0.2, 0) is 0 Å². The van der Waals surface area contributed by atoms with Crippen molar-refractivity contribution in [3.63, 3.8) is 0 Å². The monoisotopic (exact) mass is 288 g/mol. The van der Waals surface area contributed by atoms with E-state index in [0.29, 0.717) is 6.61 Å². The van der Waals surface area contributed by atoms with Crippen LogP contribution in [0.4, 0.5) is 0 Å². The molecule has 0 amide bonds. The van der Waals surface area contributed by atoms with Gasteiger partial charge in [-0.05, 0) is 12.8 Å². The molecule has 0 spiro atoms. The van der Waals surface area contributed by atoms with Crippen molar-refractivity contribution in [3.8, 4) is 0 Å². The Kier molecular flexibility index (Phi) is 12.9. The third-order valence-electron chi connectivity index (χ3n) is 2.66. The second-order valence-electron chi connectivity index (χ2n) is 4.19. The van der Waals surface area contributed by atoms with Crippen LogP contribution in [-0.4, -0.2) is 21.9 Å². The lowest BCUT2D eigenvalue weighted by atomic mass is 10.1. The molecule has 4 heteroatoms. The van der Waals surface area contributed by atoms with Crippen LogP contribution in [0.5, 0.6) is 0 Å². The van der Waals surface area contributed by atoms with E-state index in [1.807, 2.05) is 0 Å². The van der Waals surface area contributed by atoms with Crippen molar-refractivity contribution in [2.75, 3.05) is 6.61 Å². The van der Waals surface area contributed by atoms with E-state index >= 15 is 0 Å². The Hall–Kier alpha value is 0.830. The predicted octanol–water partition coefficient (Wildman–Crippen LogP) is 4.90. The molecular weight excluding hydrogens is 266 g/mol. The number of halogens is 3. The van der Waals surface area contributed by atoms with E-state index in [1.165, 1.54) is 32.1 Å². The highest BCUT2D eigenvalue weighted by Crippen LogP contribution is 2.20. The summed E-state index contributed by atoms with van der Waals surface area (Å²) in [6, 6.07) is 0. The van der Waals surface area contributed by atoms with Crippen LogP contribution in [0, 0.1) is 0 Å². The summed E-state index contributed by atoms with van der Waals surface area (Å²) in [5.41, 5.74) is 0. The fraction of sp³-hybridized carbons (Fsp3) is 1.00. The van der Waals surface area contributed by atoms with Gasteiger partial charge in [-0.1, -0.05) is 44.9 Å². The Balaban J connectivity index is 3.04.